The molecule has 0 bridgehead atoms. The van der Waals surface area contributed by atoms with Crippen LogP contribution in [0.2, 0.25) is 0 Å². The highest BCUT2D eigenvalue weighted by atomic mass is 16.5. The topological polar surface area (TPSA) is 81.9 Å². The molecule has 136 valence electrons. The van der Waals surface area contributed by atoms with E-state index in [0.717, 1.165) is 53.8 Å². The van der Waals surface area contributed by atoms with Crippen LogP contribution in [0.4, 0.5) is 0 Å². The van der Waals surface area contributed by atoms with Crippen LogP contribution in [0.3, 0.4) is 0 Å². The number of methoxy groups -OCH3 is 1. The van der Waals surface area contributed by atoms with E-state index in [9.17, 15) is 9.90 Å². The Labute approximate surface area is 148 Å². The van der Waals surface area contributed by atoms with E-state index >= 15 is 0 Å². The lowest BCUT2D eigenvalue weighted by Crippen LogP contribution is -3.13. The molecule has 1 atom stereocenters. The standard InChI is InChI=1S/C19H27N3O3/c1-12-18(15-10-14(25-3)4-5-16(15)21(12)2)17(23)11-22-8-6-13(7-9-22)19(20)24/h4-5,10,13,17,23H,6-9,11H2,1-3H3,(H2,20,24)/p+1/t17-/m1/s1. The molecule has 1 aromatic heterocycles. The van der Waals surface area contributed by atoms with E-state index in [-0.39, 0.29) is 11.8 Å². The molecule has 0 aliphatic carbocycles. The number of carbonyl (C=O) groups excluding carboxylic acids is 1. The fraction of sp³-hybridized carbons (Fsp3) is 0.526. The summed E-state index contributed by atoms with van der Waals surface area (Å²) in [4.78, 5) is 12.6. The molecule has 25 heavy (non-hydrogen) atoms. The minimum absolute atomic E-state index is 0.00977. The average Bonchev–Trinajstić information content (AvgIpc) is 2.85. The molecule has 1 aromatic carbocycles. The van der Waals surface area contributed by atoms with Crippen LogP contribution >= 0.6 is 0 Å². The molecule has 0 unspecified atom stereocenters. The average molecular weight is 346 g/mol. The normalized spacial score (nSPS) is 22.1. The number of aryl methyl sites for hydroxylation is 1. The van der Waals surface area contributed by atoms with Gasteiger partial charge in [0.05, 0.1) is 20.2 Å². The number of nitrogens with one attached hydrogen (secondary N) is 1. The SMILES string of the molecule is COc1ccc2c(c1)c([C@H](O)C[NH+]1CCC(C(N)=O)CC1)c(C)n2C. The summed E-state index contributed by atoms with van der Waals surface area (Å²) in [5.41, 5.74) is 8.54. The second kappa shape index (κ2) is 7.06. The van der Waals surface area contributed by atoms with Gasteiger partial charge in [0.25, 0.3) is 0 Å². The van der Waals surface area contributed by atoms with Crippen molar-refractivity contribution in [1.82, 2.24) is 4.57 Å². The summed E-state index contributed by atoms with van der Waals surface area (Å²) >= 11 is 0. The van der Waals surface area contributed by atoms with Crippen LogP contribution in [0, 0.1) is 12.8 Å². The van der Waals surface area contributed by atoms with Crippen molar-refractivity contribution in [3.8, 4) is 5.75 Å². The summed E-state index contributed by atoms with van der Waals surface area (Å²) in [7, 11) is 3.67. The van der Waals surface area contributed by atoms with Crippen LogP contribution in [-0.4, -0.2) is 42.3 Å². The molecular formula is C19H28N3O3+. The van der Waals surface area contributed by atoms with Crippen LogP contribution < -0.4 is 15.4 Å². The van der Waals surface area contributed by atoms with E-state index < -0.39 is 6.10 Å². The number of piperidine rings is 1. The van der Waals surface area contributed by atoms with Crippen molar-refractivity contribution < 1.29 is 19.5 Å². The third kappa shape index (κ3) is 3.37. The van der Waals surface area contributed by atoms with Crippen molar-refractivity contribution in [2.24, 2.45) is 18.7 Å². The molecule has 0 saturated carbocycles. The molecule has 4 N–H and O–H groups in total. The molecule has 1 amide bonds. The number of fused-ring (bicyclic) bond motifs is 1. The first-order valence-electron chi connectivity index (χ1n) is 8.86. The van der Waals surface area contributed by atoms with Gasteiger partial charge in [0.1, 0.15) is 18.4 Å². The van der Waals surface area contributed by atoms with Crippen molar-refractivity contribution in [3.05, 3.63) is 29.5 Å². The van der Waals surface area contributed by atoms with E-state index in [2.05, 4.69) is 4.57 Å². The first-order chi connectivity index (χ1) is 11.9. The Bertz CT molecular complexity index is 776. The van der Waals surface area contributed by atoms with Crippen LogP contribution in [0.15, 0.2) is 18.2 Å². The maximum Gasteiger partial charge on any atom is 0.220 e. The maximum absolute atomic E-state index is 11.3. The van der Waals surface area contributed by atoms with Crippen LogP contribution in [-0.2, 0) is 11.8 Å². The fourth-order valence-electron chi connectivity index (χ4n) is 4.02. The molecular weight excluding hydrogens is 318 g/mol. The van der Waals surface area contributed by atoms with Crippen LogP contribution in [0.1, 0.15) is 30.2 Å². The number of amides is 1. The number of aliphatic hydroxyl groups excluding tert-OH is 1. The highest BCUT2D eigenvalue weighted by molar-refractivity contribution is 5.87. The second-order valence-corrected chi connectivity index (χ2v) is 7.09. The van der Waals surface area contributed by atoms with Gasteiger partial charge in [-0.25, -0.2) is 0 Å². The zero-order chi connectivity index (χ0) is 18.1. The number of carbonyl (C=O) groups is 1. The van der Waals surface area contributed by atoms with Gasteiger partial charge in [-0.15, -0.1) is 0 Å². The van der Waals surface area contributed by atoms with Gasteiger partial charge in [-0.1, -0.05) is 0 Å². The molecule has 6 heteroatoms. The Balaban J connectivity index is 1.81. The zero-order valence-electron chi connectivity index (χ0n) is 15.2. The van der Waals surface area contributed by atoms with Crippen molar-refractivity contribution >= 4 is 16.8 Å². The molecule has 1 saturated heterocycles. The number of rotatable bonds is 5. The highest BCUT2D eigenvalue weighted by Gasteiger charge is 2.29. The fourth-order valence-corrected chi connectivity index (χ4v) is 4.02. The number of quaternary nitrogens is 1. The lowest BCUT2D eigenvalue weighted by molar-refractivity contribution is -0.909. The van der Waals surface area contributed by atoms with Crippen molar-refractivity contribution in [2.45, 2.75) is 25.9 Å². The number of aromatic nitrogens is 1. The number of ether oxygens (including phenoxy) is 1. The number of benzene rings is 1. The van der Waals surface area contributed by atoms with Gasteiger partial charge >= 0.3 is 0 Å². The minimum atomic E-state index is -0.545. The molecule has 1 aliphatic heterocycles. The molecule has 2 aromatic rings. The Kier molecular flexibility index (Phi) is 5.01. The van der Waals surface area contributed by atoms with Crippen molar-refractivity contribution in [1.29, 1.82) is 0 Å². The van der Waals surface area contributed by atoms with Gasteiger partial charge in [-0.3, -0.25) is 4.79 Å². The summed E-state index contributed by atoms with van der Waals surface area (Å²) in [6.07, 6.45) is 1.07. The second-order valence-electron chi connectivity index (χ2n) is 7.09. The zero-order valence-corrected chi connectivity index (χ0v) is 15.2. The monoisotopic (exact) mass is 346 g/mol. The Hall–Kier alpha value is -2.05. The Morgan fingerprint density at radius 3 is 2.72 bits per heavy atom. The van der Waals surface area contributed by atoms with E-state index in [4.69, 9.17) is 10.5 Å². The molecule has 1 fully saturated rings. The van der Waals surface area contributed by atoms with Gasteiger partial charge in [-0.05, 0) is 25.1 Å². The summed E-state index contributed by atoms with van der Waals surface area (Å²) in [5.74, 6) is 0.585. The number of primary amides is 1. The van der Waals surface area contributed by atoms with Crippen LogP contribution in [0.25, 0.3) is 10.9 Å². The first kappa shape index (κ1) is 17.8. The molecule has 2 heterocycles. The Morgan fingerprint density at radius 1 is 1.44 bits per heavy atom. The predicted octanol–water partition coefficient (Wildman–Crippen LogP) is 0.309. The molecule has 1 aliphatic rings. The highest BCUT2D eigenvalue weighted by Crippen LogP contribution is 2.32. The van der Waals surface area contributed by atoms with Gasteiger partial charge < -0.3 is 25.0 Å². The number of nitrogens with zero attached hydrogens (tertiary/aromatic N) is 1. The van der Waals surface area contributed by atoms with E-state index in [1.165, 1.54) is 4.90 Å². The quantitative estimate of drug-likeness (QED) is 0.729. The maximum atomic E-state index is 11.3. The smallest absolute Gasteiger partial charge is 0.220 e. The number of likely N-dealkylation sites (tertiary alicyclic amines) is 1. The number of aliphatic hydroxyl groups is 1. The van der Waals surface area contributed by atoms with E-state index in [1.807, 2.05) is 32.2 Å². The van der Waals surface area contributed by atoms with Gasteiger partial charge in [-0.2, -0.15) is 0 Å². The molecule has 0 radical (unpaired) electrons. The number of hydrogen-bond donors (Lipinski definition) is 3. The summed E-state index contributed by atoms with van der Waals surface area (Å²) < 4.78 is 7.46. The van der Waals surface area contributed by atoms with Gasteiger partial charge in [0, 0.05) is 48.0 Å². The molecule has 3 rings (SSSR count). The van der Waals surface area contributed by atoms with E-state index in [1.54, 1.807) is 7.11 Å². The lowest BCUT2D eigenvalue weighted by Gasteiger charge is -2.29. The first-order valence-corrected chi connectivity index (χ1v) is 8.86. The van der Waals surface area contributed by atoms with Gasteiger partial charge in [0.15, 0.2) is 0 Å². The van der Waals surface area contributed by atoms with Gasteiger partial charge in [0.2, 0.25) is 5.91 Å². The van der Waals surface area contributed by atoms with Crippen LogP contribution in [0.5, 0.6) is 5.75 Å². The molecule has 6 nitrogen and oxygen atoms in total. The van der Waals surface area contributed by atoms with Crippen molar-refractivity contribution in [3.63, 3.8) is 0 Å². The van der Waals surface area contributed by atoms with Crippen molar-refractivity contribution in [2.75, 3.05) is 26.7 Å². The summed E-state index contributed by atoms with van der Waals surface area (Å²) in [6, 6.07) is 5.97. The third-order valence-electron chi connectivity index (χ3n) is 5.66. The summed E-state index contributed by atoms with van der Waals surface area (Å²) in [6.45, 7) is 4.43. The Morgan fingerprint density at radius 2 is 2.12 bits per heavy atom. The number of nitrogens with two attached hydrogens (primary N) is 1. The largest absolute Gasteiger partial charge is 0.497 e. The lowest BCUT2D eigenvalue weighted by atomic mass is 9.95. The third-order valence-corrected chi connectivity index (χ3v) is 5.66. The minimum Gasteiger partial charge on any atom is -0.497 e. The number of hydrogen-bond acceptors (Lipinski definition) is 3. The molecule has 0 spiro atoms. The van der Waals surface area contributed by atoms with E-state index in [0.29, 0.717) is 6.54 Å². The predicted molar refractivity (Wildman–Crippen MR) is 96.6 cm³/mol. The summed E-state index contributed by atoms with van der Waals surface area (Å²) in [5, 5.41) is 12.0.